The molecule has 0 unspecified atom stereocenters. The van der Waals surface area contributed by atoms with Crippen molar-refractivity contribution in [3.63, 3.8) is 0 Å². The van der Waals surface area contributed by atoms with Gasteiger partial charge in [-0.2, -0.15) is 0 Å². The van der Waals surface area contributed by atoms with Crippen molar-refractivity contribution in [2.45, 2.75) is 6.42 Å². The highest BCUT2D eigenvalue weighted by Gasteiger charge is 2.30. The van der Waals surface area contributed by atoms with E-state index < -0.39 is 27.7 Å². The fraction of sp³-hybridized carbons (Fsp3) is 0.136. The Kier molecular flexibility index (Phi) is 6.30. The van der Waals surface area contributed by atoms with Crippen LogP contribution >= 0.6 is 11.6 Å². The van der Waals surface area contributed by atoms with Gasteiger partial charge >= 0.3 is 0 Å². The van der Waals surface area contributed by atoms with Crippen molar-refractivity contribution in [1.82, 2.24) is 4.98 Å². The lowest BCUT2D eigenvalue weighted by molar-refractivity contribution is 0.101. The number of anilines is 3. The summed E-state index contributed by atoms with van der Waals surface area (Å²) in [6, 6.07) is 11.3. The molecule has 4 rings (SSSR count). The van der Waals surface area contributed by atoms with E-state index in [2.05, 4.69) is 15.6 Å². The molecule has 0 aliphatic carbocycles. The summed E-state index contributed by atoms with van der Waals surface area (Å²) in [4.78, 5) is 28.9. The van der Waals surface area contributed by atoms with Crippen LogP contribution in [0.25, 0.3) is 0 Å². The Morgan fingerprint density at radius 1 is 1.03 bits per heavy atom. The molecule has 1 saturated heterocycles. The van der Waals surface area contributed by atoms with Crippen LogP contribution in [0.3, 0.4) is 0 Å². The summed E-state index contributed by atoms with van der Waals surface area (Å²) < 4.78 is 39.7. The van der Waals surface area contributed by atoms with Crippen molar-refractivity contribution in [2.24, 2.45) is 0 Å². The van der Waals surface area contributed by atoms with Crippen LogP contribution in [0.5, 0.6) is 0 Å². The maximum absolute atomic E-state index is 14.6. The predicted octanol–water partition coefficient (Wildman–Crippen LogP) is 3.92. The van der Waals surface area contributed by atoms with Crippen LogP contribution in [-0.4, -0.2) is 37.5 Å². The van der Waals surface area contributed by atoms with Crippen molar-refractivity contribution >= 4 is 50.5 Å². The summed E-state index contributed by atoms with van der Waals surface area (Å²) in [7, 11) is -3.54. The molecule has 2 heterocycles. The highest BCUT2D eigenvalue weighted by Crippen LogP contribution is 2.29. The first kappa shape index (κ1) is 22.7. The molecule has 2 N–H and O–H groups in total. The van der Waals surface area contributed by atoms with E-state index in [4.69, 9.17) is 11.6 Å². The molecule has 0 radical (unpaired) electrons. The molecule has 0 spiro atoms. The standard InChI is InChI=1S/C22H18ClFN4O4S/c23-17-6-5-16(12-19(17)27-22(30)15-3-1-8-25-13-15)26-21(29)14-4-7-20(18(24)11-14)28-9-2-10-33(28,31)32/h1,3-8,11-13H,2,9-10H2,(H,26,29)(H,27,30). The van der Waals surface area contributed by atoms with Crippen molar-refractivity contribution in [3.8, 4) is 0 Å². The lowest BCUT2D eigenvalue weighted by Gasteiger charge is -2.18. The molecular weight excluding hydrogens is 471 g/mol. The minimum absolute atomic E-state index is 0.00346. The number of amides is 2. The summed E-state index contributed by atoms with van der Waals surface area (Å²) in [5.41, 5.74) is 0.833. The van der Waals surface area contributed by atoms with E-state index in [0.717, 1.165) is 10.4 Å². The van der Waals surface area contributed by atoms with Gasteiger partial charge in [0, 0.05) is 30.2 Å². The van der Waals surface area contributed by atoms with Gasteiger partial charge in [-0.1, -0.05) is 11.6 Å². The van der Waals surface area contributed by atoms with Gasteiger partial charge in [0.25, 0.3) is 11.8 Å². The summed E-state index contributed by atoms with van der Waals surface area (Å²) in [6.07, 6.45) is 3.36. The fourth-order valence-electron chi connectivity index (χ4n) is 3.35. The zero-order valence-corrected chi connectivity index (χ0v) is 18.7. The molecule has 0 atom stereocenters. The number of carbonyl (C=O) groups excluding carboxylic acids is 2. The van der Waals surface area contributed by atoms with Gasteiger partial charge in [-0.15, -0.1) is 0 Å². The van der Waals surface area contributed by atoms with Gasteiger partial charge in [0.15, 0.2) is 0 Å². The Hall–Kier alpha value is -3.50. The van der Waals surface area contributed by atoms with Crippen molar-refractivity contribution in [2.75, 3.05) is 27.2 Å². The van der Waals surface area contributed by atoms with E-state index in [1.807, 2.05) is 0 Å². The normalized spacial score (nSPS) is 14.7. The van der Waals surface area contributed by atoms with E-state index in [9.17, 15) is 22.4 Å². The molecule has 3 aromatic rings. The van der Waals surface area contributed by atoms with E-state index in [1.54, 1.807) is 18.3 Å². The minimum Gasteiger partial charge on any atom is -0.322 e. The molecular formula is C22H18ClFN4O4S. The highest BCUT2D eigenvalue weighted by molar-refractivity contribution is 7.93. The molecule has 11 heteroatoms. The third kappa shape index (κ3) is 4.96. The van der Waals surface area contributed by atoms with Gasteiger partial charge in [0.2, 0.25) is 10.0 Å². The number of carbonyl (C=O) groups is 2. The SMILES string of the molecule is O=C(Nc1ccc(Cl)c(NC(=O)c2cccnc2)c1)c1ccc(N2CCCS2(=O)=O)c(F)c1. The summed E-state index contributed by atoms with van der Waals surface area (Å²) in [5.74, 6) is -1.89. The average Bonchev–Trinajstić information content (AvgIpc) is 3.15. The van der Waals surface area contributed by atoms with E-state index >= 15 is 0 Å². The number of hydrogen-bond donors (Lipinski definition) is 2. The first-order valence-corrected chi connectivity index (χ1v) is 11.9. The number of aromatic nitrogens is 1. The molecule has 8 nitrogen and oxygen atoms in total. The largest absolute Gasteiger partial charge is 0.322 e. The Morgan fingerprint density at radius 3 is 2.48 bits per heavy atom. The number of hydrogen-bond acceptors (Lipinski definition) is 5. The number of pyridine rings is 1. The van der Waals surface area contributed by atoms with E-state index in [1.165, 1.54) is 36.5 Å². The maximum Gasteiger partial charge on any atom is 0.257 e. The number of sulfonamides is 1. The Morgan fingerprint density at radius 2 is 1.82 bits per heavy atom. The lowest BCUT2D eigenvalue weighted by atomic mass is 10.1. The second kappa shape index (κ2) is 9.16. The Labute approximate surface area is 194 Å². The van der Waals surface area contributed by atoms with Crippen LogP contribution in [0.1, 0.15) is 27.1 Å². The van der Waals surface area contributed by atoms with Crippen LogP contribution in [0, 0.1) is 5.82 Å². The highest BCUT2D eigenvalue weighted by atomic mass is 35.5. The molecule has 1 aromatic heterocycles. The molecule has 33 heavy (non-hydrogen) atoms. The van der Waals surface area contributed by atoms with Crippen molar-refractivity contribution in [3.05, 3.63) is 82.9 Å². The second-order valence-corrected chi connectivity index (χ2v) is 9.67. The molecule has 2 aromatic carbocycles. The summed E-state index contributed by atoms with van der Waals surface area (Å²) in [6.45, 7) is 0.198. The fourth-order valence-corrected chi connectivity index (χ4v) is 5.09. The van der Waals surface area contributed by atoms with Gasteiger partial charge < -0.3 is 10.6 Å². The lowest BCUT2D eigenvalue weighted by Crippen LogP contribution is -2.26. The monoisotopic (exact) mass is 488 g/mol. The molecule has 1 aliphatic rings. The Balaban J connectivity index is 1.50. The van der Waals surface area contributed by atoms with Crippen molar-refractivity contribution in [1.29, 1.82) is 0 Å². The third-order valence-corrected chi connectivity index (χ3v) is 7.16. The zero-order chi connectivity index (χ0) is 23.6. The molecule has 1 fully saturated rings. The number of rotatable bonds is 5. The first-order valence-electron chi connectivity index (χ1n) is 9.87. The van der Waals surface area contributed by atoms with E-state index in [-0.39, 0.29) is 34.3 Å². The van der Waals surface area contributed by atoms with Crippen LogP contribution in [0.2, 0.25) is 5.02 Å². The average molecular weight is 489 g/mol. The van der Waals surface area contributed by atoms with E-state index in [0.29, 0.717) is 17.7 Å². The van der Waals surface area contributed by atoms with Crippen LogP contribution in [0.15, 0.2) is 60.9 Å². The van der Waals surface area contributed by atoms with Crippen LogP contribution in [0.4, 0.5) is 21.5 Å². The predicted molar refractivity (Wildman–Crippen MR) is 124 cm³/mol. The molecule has 2 amide bonds. The van der Waals surface area contributed by atoms with Gasteiger partial charge in [0.05, 0.1) is 27.7 Å². The number of nitrogens with one attached hydrogen (secondary N) is 2. The summed E-state index contributed by atoms with van der Waals surface area (Å²) >= 11 is 6.16. The number of nitrogens with zero attached hydrogens (tertiary/aromatic N) is 2. The maximum atomic E-state index is 14.6. The Bertz CT molecular complexity index is 1340. The third-order valence-electron chi connectivity index (χ3n) is 4.97. The van der Waals surface area contributed by atoms with Crippen LogP contribution in [-0.2, 0) is 10.0 Å². The van der Waals surface area contributed by atoms with Gasteiger partial charge in [0.1, 0.15) is 5.82 Å². The van der Waals surface area contributed by atoms with Gasteiger partial charge in [-0.25, -0.2) is 12.8 Å². The number of halogens is 2. The van der Waals surface area contributed by atoms with Gasteiger partial charge in [-0.3, -0.25) is 18.9 Å². The summed E-state index contributed by atoms with van der Waals surface area (Å²) in [5, 5.41) is 5.52. The smallest absolute Gasteiger partial charge is 0.257 e. The minimum atomic E-state index is -3.54. The van der Waals surface area contributed by atoms with Crippen LogP contribution < -0.4 is 14.9 Å². The molecule has 0 saturated carbocycles. The number of benzene rings is 2. The molecule has 0 bridgehead atoms. The van der Waals surface area contributed by atoms with Crippen molar-refractivity contribution < 1.29 is 22.4 Å². The second-order valence-electron chi connectivity index (χ2n) is 7.25. The topological polar surface area (TPSA) is 108 Å². The van der Waals surface area contributed by atoms with Gasteiger partial charge in [-0.05, 0) is 55.0 Å². The molecule has 170 valence electrons. The molecule has 1 aliphatic heterocycles. The first-order chi connectivity index (χ1) is 15.7. The quantitative estimate of drug-likeness (QED) is 0.566. The zero-order valence-electron chi connectivity index (χ0n) is 17.1.